The van der Waals surface area contributed by atoms with Crippen molar-refractivity contribution in [2.24, 2.45) is 0 Å². The van der Waals surface area contributed by atoms with E-state index >= 15 is 0 Å². The van der Waals surface area contributed by atoms with Crippen LogP contribution in [-0.2, 0) is 6.42 Å². The highest BCUT2D eigenvalue weighted by Crippen LogP contribution is 2.26. The van der Waals surface area contributed by atoms with E-state index in [0.717, 1.165) is 12.2 Å². The van der Waals surface area contributed by atoms with E-state index in [9.17, 15) is 0 Å². The normalized spacial score (nSPS) is 14.0. The third-order valence-electron chi connectivity index (χ3n) is 3.51. The van der Waals surface area contributed by atoms with Gasteiger partial charge in [-0.25, -0.2) is 0 Å². The molecule has 0 radical (unpaired) electrons. The van der Waals surface area contributed by atoms with Gasteiger partial charge in [0.1, 0.15) is 5.75 Å². The molecule has 0 fully saturated rings. The number of hydrogen-bond acceptors (Lipinski definition) is 3. The molecule has 2 rings (SSSR count). The molecular weight excluding hydrogens is 266 g/mol. The lowest BCUT2D eigenvalue weighted by atomic mass is 10.0. The fourth-order valence-corrected chi connectivity index (χ4v) is 3.21. The number of thiophene rings is 1. The zero-order valence-corrected chi connectivity index (χ0v) is 13.5. The summed E-state index contributed by atoms with van der Waals surface area (Å²) in [4.78, 5) is 0. The lowest BCUT2D eigenvalue weighted by Gasteiger charge is -2.22. The Hall–Kier alpha value is -1.32. The molecule has 0 saturated heterocycles. The minimum absolute atomic E-state index is 0.276. The first-order valence-electron chi connectivity index (χ1n) is 7.02. The number of nitrogens with one attached hydrogen (secondary N) is 1. The summed E-state index contributed by atoms with van der Waals surface area (Å²) in [6.45, 7) is 6.54. The molecule has 2 aromatic rings. The van der Waals surface area contributed by atoms with E-state index in [4.69, 9.17) is 4.74 Å². The Labute approximate surface area is 125 Å². The van der Waals surface area contributed by atoms with E-state index in [1.807, 2.05) is 6.07 Å². The van der Waals surface area contributed by atoms with Crippen LogP contribution in [0, 0.1) is 6.92 Å². The molecule has 0 spiro atoms. The Bertz CT molecular complexity index is 536. The van der Waals surface area contributed by atoms with Gasteiger partial charge in [-0.1, -0.05) is 17.7 Å². The van der Waals surface area contributed by atoms with Crippen molar-refractivity contribution in [3.63, 3.8) is 0 Å². The van der Waals surface area contributed by atoms with Gasteiger partial charge in [-0.05, 0) is 55.6 Å². The minimum atomic E-state index is 0.276. The van der Waals surface area contributed by atoms with Gasteiger partial charge in [0.15, 0.2) is 0 Å². The Morgan fingerprint density at radius 2 is 2.05 bits per heavy atom. The van der Waals surface area contributed by atoms with E-state index in [-0.39, 0.29) is 6.04 Å². The van der Waals surface area contributed by atoms with Crippen molar-refractivity contribution >= 4 is 11.3 Å². The largest absolute Gasteiger partial charge is 0.496 e. The molecule has 2 nitrogen and oxygen atoms in total. The van der Waals surface area contributed by atoms with Crippen LogP contribution in [0.3, 0.4) is 0 Å². The first-order chi connectivity index (χ1) is 9.60. The second-order valence-electron chi connectivity index (χ2n) is 5.37. The molecule has 1 aromatic heterocycles. The number of hydrogen-bond donors (Lipinski definition) is 1. The molecule has 2 unspecified atom stereocenters. The molecule has 1 heterocycles. The quantitative estimate of drug-likeness (QED) is 0.853. The molecule has 0 aliphatic heterocycles. The molecule has 108 valence electrons. The van der Waals surface area contributed by atoms with Crippen LogP contribution in [0.1, 0.15) is 36.6 Å². The van der Waals surface area contributed by atoms with Gasteiger partial charge in [0.05, 0.1) is 7.11 Å². The Morgan fingerprint density at radius 3 is 2.70 bits per heavy atom. The third-order valence-corrected chi connectivity index (χ3v) is 4.24. The zero-order valence-electron chi connectivity index (χ0n) is 12.6. The van der Waals surface area contributed by atoms with Gasteiger partial charge in [-0.3, -0.25) is 0 Å². The van der Waals surface area contributed by atoms with Crippen LogP contribution in [0.15, 0.2) is 35.0 Å². The van der Waals surface area contributed by atoms with Gasteiger partial charge in [-0.15, -0.1) is 0 Å². The number of benzene rings is 1. The van der Waals surface area contributed by atoms with E-state index in [0.29, 0.717) is 6.04 Å². The summed E-state index contributed by atoms with van der Waals surface area (Å²) in [7, 11) is 1.73. The topological polar surface area (TPSA) is 21.3 Å². The SMILES string of the molecule is COc1ccc(C)cc1C(C)NC(C)Cc1ccsc1. The number of methoxy groups -OCH3 is 1. The highest BCUT2D eigenvalue weighted by atomic mass is 32.1. The van der Waals surface area contributed by atoms with Crippen LogP contribution in [-0.4, -0.2) is 13.2 Å². The Balaban J connectivity index is 2.03. The maximum absolute atomic E-state index is 5.47. The fraction of sp³-hybridized carbons (Fsp3) is 0.412. The Kier molecular flexibility index (Phi) is 5.21. The van der Waals surface area contributed by atoms with Crippen LogP contribution in [0.5, 0.6) is 5.75 Å². The molecule has 1 N–H and O–H groups in total. The second-order valence-corrected chi connectivity index (χ2v) is 6.15. The van der Waals surface area contributed by atoms with Gasteiger partial charge in [0.2, 0.25) is 0 Å². The van der Waals surface area contributed by atoms with Gasteiger partial charge in [-0.2, -0.15) is 11.3 Å². The van der Waals surface area contributed by atoms with Crippen molar-refractivity contribution in [3.05, 3.63) is 51.7 Å². The lowest BCUT2D eigenvalue weighted by Crippen LogP contribution is -2.30. The molecule has 0 bridgehead atoms. The molecule has 0 aliphatic rings. The maximum Gasteiger partial charge on any atom is 0.123 e. The molecule has 2 atom stereocenters. The second kappa shape index (κ2) is 6.91. The van der Waals surface area contributed by atoms with Crippen LogP contribution in [0.4, 0.5) is 0 Å². The van der Waals surface area contributed by atoms with Crippen LogP contribution in [0.25, 0.3) is 0 Å². The van der Waals surface area contributed by atoms with Crippen LogP contribution >= 0.6 is 11.3 Å². The molecule has 0 aliphatic carbocycles. The summed E-state index contributed by atoms with van der Waals surface area (Å²) in [5.74, 6) is 0.957. The highest BCUT2D eigenvalue weighted by molar-refractivity contribution is 7.07. The summed E-state index contributed by atoms with van der Waals surface area (Å²) in [5, 5.41) is 8.01. The smallest absolute Gasteiger partial charge is 0.123 e. The molecule has 20 heavy (non-hydrogen) atoms. The molecule has 3 heteroatoms. The predicted molar refractivity (Wildman–Crippen MR) is 86.8 cm³/mol. The van der Waals surface area contributed by atoms with Crippen molar-refractivity contribution in [1.29, 1.82) is 0 Å². The van der Waals surface area contributed by atoms with Gasteiger partial charge < -0.3 is 10.1 Å². The first kappa shape index (κ1) is 15.1. The number of ether oxygens (including phenoxy) is 1. The van der Waals surface area contributed by atoms with E-state index < -0.39 is 0 Å². The monoisotopic (exact) mass is 289 g/mol. The molecule has 0 saturated carbocycles. The lowest BCUT2D eigenvalue weighted by molar-refractivity contribution is 0.395. The van der Waals surface area contributed by atoms with Crippen molar-refractivity contribution < 1.29 is 4.74 Å². The summed E-state index contributed by atoms with van der Waals surface area (Å²) in [5.41, 5.74) is 3.89. The van der Waals surface area contributed by atoms with Crippen molar-refractivity contribution in [2.45, 2.75) is 39.3 Å². The predicted octanol–water partition coefficient (Wildman–Crippen LogP) is 4.35. The first-order valence-corrected chi connectivity index (χ1v) is 7.96. The van der Waals surface area contributed by atoms with Crippen molar-refractivity contribution in [1.82, 2.24) is 5.32 Å². The minimum Gasteiger partial charge on any atom is -0.496 e. The summed E-state index contributed by atoms with van der Waals surface area (Å²) < 4.78 is 5.47. The Morgan fingerprint density at radius 1 is 1.25 bits per heavy atom. The maximum atomic E-state index is 5.47. The van der Waals surface area contributed by atoms with E-state index in [1.54, 1.807) is 18.4 Å². The van der Waals surface area contributed by atoms with E-state index in [1.165, 1.54) is 16.7 Å². The number of rotatable bonds is 6. The van der Waals surface area contributed by atoms with Crippen molar-refractivity contribution in [2.75, 3.05) is 7.11 Å². The van der Waals surface area contributed by atoms with Crippen LogP contribution in [0.2, 0.25) is 0 Å². The van der Waals surface area contributed by atoms with Crippen LogP contribution < -0.4 is 10.1 Å². The molecule has 1 aromatic carbocycles. The summed E-state index contributed by atoms with van der Waals surface area (Å²) >= 11 is 1.76. The average molecular weight is 289 g/mol. The summed E-state index contributed by atoms with van der Waals surface area (Å²) in [6.07, 6.45) is 1.06. The summed E-state index contributed by atoms with van der Waals surface area (Å²) in [6, 6.07) is 9.24. The van der Waals surface area contributed by atoms with E-state index in [2.05, 4.69) is 55.0 Å². The van der Waals surface area contributed by atoms with Gasteiger partial charge in [0, 0.05) is 17.6 Å². The van der Waals surface area contributed by atoms with Gasteiger partial charge in [0.25, 0.3) is 0 Å². The van der Waals surface area contributed by atoms with Gasteiger partial charge >= 0.3 is 0 Å². The number of aryl methyl sites for hydroxylation is 1. The fourth-order valence-electron chi connectivity index (χ4n) is 2.53. The standard InChI is InChI=1S/C17H23NOS/c1-12-5-6-17(19-4)16(9-12)14(3)18-13(2)10-15-7-8-20-11-15/h5-9,11,13-14,18H,10H2,1-4H3. The molecular formula is C17H23NOS. The average Bonchev–Trinajstić information content (AvgIpc) is 2.91. The molecule has 0 amide bonds. The third kappa shape index (κ3) is 3.84. The zero-order chi connectivity index (χ0) is 14.5. The highest BCUT2D eigenvalue weighted by Gasteiger charge is 2.14. The van der Waals surface area contributed by atoms with Crippen molar-refractivity contribution in [3.8, 4) is 5.75 Å².